The van der Waals surface area contributed by atoms with Crippen LogP contribution in [0.25, 0.3) is 5.57 Å². The summed E-state index contributed by atoms with van der Waals surface area (Å²) >= 11 is 6.28. The molecule has 346 valence electrons. The molecule has 14 heteroatoms. The monoisotopic (exact) mass is 904 g/mol. The number of nitrogens with one attached hydrogen (secondary N) is 4. The molecular weight excluding hydrogens is 840 g/mol. The number of amides is 2. The molecule has 4 heterocycles. The van der Waals surface area contributed by atoms with Crippen molar-refractivity contribution < 1.29 is 24.2 Å². The summed E-state index contributed by atoms with van der Waals surface area (Å²) in [6.45, 7) is 18.1. The van der Waals surface area contributed by atoms with Gasteiger partial charge in [0, 0.05) is 93.0 Å². The van der Waals surface area contributed by atoms with Crippen molar-refractivity contribution in [3.63, 3.8) is 0 Å². The average molecular weight is 906 g/mol. The molecule has 0 bridgehead atoms. The molecule has 2 atom stereocenters. The lowest BCUT2D eigenvalue weighted by Crippen LogP contribution is -2.75. The maximum Gasteiger partial charge on any atom is 0.244 e. The van der Waals surface area contributed by atoms with E-state index in [1.54, 1.807) is 44.0 Å². The lowest BCUT2D eigenvalue weighted by molar-refractivity contribution is -0.174. The first-order valence-electron chi connectivity index (χ1n) is 23.4. The summed E-state index contributed by atoms with van der Waals surface area (Å²) in [6.07, 6.45) is 4.98. The number of halogens is 1. The zero-order chi connectivity index (χ0) is 46.0. The fourth-order valence-corrected chi connectivity index (χ4v) is 12.0. The fraction of sp³-hybridized carbons (Fsp3) is 0.549. The van der Waals surface area contributed by atoms with Crippen molar-refractivity contribution in [3.8, 4) is 23.3 Å². The Labute approximate surface area is 388 Å². The first-order chi connectivity index (χ1) is 30.9. The highest BCUT2D eigenvalue weighted by molar-refractivity contribution is 6.31. The SMILES string of the molecule is CN1C=C(c2cc(C(C)(C)O)ccc2Oc2ccc(C3CC(N4CCN(C5NCC(C(=O)NC6C(C)(C)C(Oc7ccc(C#N)c(Cl)c7)C6(C)C)CN5)CC4)C3)cc2)C2CCNC2C1=O. The smallest absolute Gasteiger partial charge is 0.244 e. The van der Waals surface area contributed by atoms with Crippen molar-refractivity contribution in [1.82, 2.24) is 36.0 Å². The molecule has 13 nitrogen and oxygen atoms in total. The Hall–Kier alpha value is -4.52. The standard InChI is InChI=1S/C51H65ClN8O5/c1-49(2)46(50(3,4)47(49)65-37-14-10-31(26-53)41(52)25-37)57-44(61)33-27-55-48(56-28-33)60-20-18-59(19-21-60)35-22-32(23-35)30-8-12-36(13-9-30)64-42-15-11-34(51(5,6)63)24-39(42)40-29-58(7)45(62)43-38(40)16-17-54-43/h8-15,24-25,29,32-33,35,38,43,46-48,54-56,63H,16-23,27-28H2,1-7H3,(H,57,61). The van der Waals surface area contributed by atoms with Gasteiger partial charge in [0.05, 0.1) is 28.1 Å². The minimum Gasteiger partial charge on any atom is -0.489 e. The second-order valence-corrected chi connectivity index (χ2v) is 21.4. The van der Waals surface area contributed by atoms with Crippen LogP contribution in [-0.2, 0) is 15.2 Å². The van der Waals surface area contributed by atoms with E-state index in [-0.39, 0.29) is 59.0 Å². The molecular formula is C51H65ClN8O5. The lowest BCUT2D eigenvalue weighted by Gasteiger charge is -2.63. The largest absolute Gasteiger partial charge is 0.489 e. The molecule has 3 aromatic rings. The second kappa shape index (κ2) is 17.6. The summed E-state index contributed by atoms with van der Waals surface area (Å²) in [5.74, 6) is 2.60. The Kier molecular flexibility index (Phi) is 12.4. The van der Waals surface area contributed by atoms with E-state index in [0.29, 0.717) is 47.1 Å². The number of piperazine rings is 1. The quantitative estimate of drug-likeness (QED) is 0.155. The van der Waals surface area contributed by atoms with E-state index >= 15 is 0 Å². The summed E-state index contributed by atoms with van der Waals surface area (Å²) < 4.78 is 13.0. The third-order valence-electron chi connectivity index (χ3n) is 15.4. The molecule has 9 rings (SSSR count). The molecule has 0 spiro atoms. The van der Waals surface area contributed by atoms with Gasteiger partial charge in [0.2, 0.25) is 11.8 Å². The van der Waals surface area contributed by atoms with Crippen LogP contribution in [0.4, 0.5) is 0 Å². The Morgan fingerprint density at radius 2 is 1.58 bits per heavy atom. The zero-order valence-corrected chi connectivity index (χ0v) is 39.5. The van der Waals surface area contributed by atoms with E-state index in [1.165, 1.54) is 5.56 Å². The first kappa shape index (κ1) is 45.6. The molecule has 65 heavy (non-hydrogen) atoms. The Morgan fingerprint density at radius 3 is 2.23 bits per heavy atom. The molecule has 5 N–H and O–H groups in total. The van der Waals surface area contributed by atoms with Gasteiger partial charge in [-0.2, -0.15) is 5.26 Å². The summed E-state index contributed by atoms with van der Waals surface area (Å²) in [5, 5.41) is 34.5. The van der Waals surface area contributed by atoms with Crippen LogP contribution in [0.1, 0.15) is 89.0 Å². The maximum absolute atomic E-state index is 13.6. The average Bonchev–Trinajstić information content (AvgIpc) is 3.77. The lowest BCUT2D eigenvalue weighted by atomic mass is 9.49. The fourth-order valence-electron chi connectivity index (χ4n) is 11.8. The van der Waals surface area contributed by atoms with Gasteiger partial charge in [-0.3, -0.25) is 30.0 Å². The zero-order valence-electron chi connectivity index (χ0n) is 38.8. The number of carbonyl (C=O) groups is 2. The number of carbonyl (C=O) groups excluding carboxylic acids is 2. The Bertz CT molecular complexity index is 2340. The van der Waals surface area contributed by atoms with Crippen LogP contribution in [0.15, 0.2) is 66.9 Å². The van der Waals surface area contributed by atoms with Crippen LogP contribution >= 0.6 is 11.6 Å². The van der Waals surface area contributed by atoms with Gasteiger partial charge in [0.25, 0.3) is 0 Å². The van der Waals surface area contributed by atoms with Crippen molar-refractivity contribution >= 4 is 29.0 Å². The second-order valence-electron chi connectivity index (χ2n) is 20.9. The Morgan fingerprint density at radius 1 is 0.923 bits per heavy atom. The maximum atomic E-state index is 13.6. The van der Waals surface area contributed by atoms with Gasteiger partial charge < -0.3 is 30.1 Å². The van der Waals surface area contributed by atoms with E-state index < -0.39 is 5.60 Å². The number of benzene rings is 3. The van der Waals surface area contributed by atoms with E-state index in [9.17, 15) is 20.0 Å². The highest BCUT2D eigenvalue weighted by atomic mass is 35.5. The third-order valence-corrected chi connectivity index (χ3v) is 15.7. The summed E-state index contributed by atoms with van der Waals surface area (Å²) in [7, 11) is 1.80. The van der Waals surface area contributed by atoms with Crippen LogP contribution < -0.4 is 30.7 Å². The van der Waals surface area contributed by atoms with Gasteiger partial charge in [-0.15, -0.1) is 0 Å². The number of ether oxygens (including phenoxy) is 2. The molecule has 2 unspecified atom stereocenters. The predicted octanol–water partition coefficient (Wildman–Crippen LogP) is 5.98. The highest BCUT2D eigenvalue weighted by Crippen LogP contribution is 2.56. The van der Waals surface area contributed by atoms with Gasteiger partial charge in [0.1, 0.15) is 35.7 Å². The molecule has 6 aliphatic rings. The predicted molar refractivity (Wildman–Crippen MR) is 251 cm³/mol. The molecule has 0 radical (unpaired) electrons. The summed E-state index contributed by atoms with van der Waals surface area (Å²) in [6, 6.07) is 21.9. The minimum absolute atomic E-state index is 0.0433. The number of nitriles is 1. The van der Waals surface area contributed by atoms with Crippen LogP contribution in [0, 0.1) is 34.0 Å². The molecule has 3 saturated heterocycles. The van der Waals surface area contributed by atoms with E-state index in [1.807, 2.05) is 24.4 Å². The van der Waals surface area contributed by atoms with Gasteiger partial charge in [-0.05, 0) is 98.7 Å². The molecule has 2 saturated carbocycles. The topological polar surface area (TPSA) is 154 Å². The number of aliphatic hydroxyl groups is 1. The van der Waals surface area contributed by atoms with Gasteiger partial charge in [-0.1, -0.05) is 57.5 Å². The van der Waals surface area contributed by atoms with Gasteiger partial charge in [0.15, 0.2) is 0 Å². The molecule has 2 aliphatic carbocycles. The molecule has 2 amide bonds. The summed E-state index contributed by atoms with van der Waals surface area (Å²) in [5.41, 5.74) is 2.85. The molecule has 0 aromatic heterocycles. The minimum atomic E-state index is -1.02. The van der Waals surface area contributed by atoms with Crippen molar-refractivity contribution in [1.29, 1.82) is 5.26 Å². The molecule has 5 fully saturated rings. The molecule has 4 aliphatic heterocycles. The third kappa shape index (κ3) is 8.80. The highest BCUT2D eigenvalue weighted by Gasteiger charge is 2.64. The van der Waals surface area contributed by atoms with Crippen LogP contribution in [-0.4, -0.2) is 115 Å². The van der Waals surface area contributed by atoms with Crippen LogP contribution in [0.2, 0.25) is 5.02 Å². The van der Waals surface area contributed by atoms with Crippen molar-refractivity contribution in [2.45, 2.75) is 103 Å². The molecule has 3 aromatic carbocycles. The van der Waals surface area contributed by atoms with Gasteiger partial charge in [-0.25, -0.2) is 0 Å². The number of nitrogens with zero attached hydrogens (tertiary/aromatic N) is 4. The van der Waals surface area contributed by atoms with E-state index in [0.717, 1.165) is 74.4 Å². The van der Waals surface area contributed by atoms with Crippen molar-refractivity contribution in [2.24, 2.45) is 22.7 Å². The number of hydrogen-bond donors (Lipinski definition) is 5. The van der Waals surface area contributed by atoms with Crippen molar-refractivity contribution in [3.05, 3.63) is 94.1 Å². The summed E-state index contributed by atoms with van der Waals surface area (Å²) in [4.78, 5) is 33.4. The number of rotatable bonds is 11. The van der Waals surface area contributed by atoms with E-state index in [4.69, 9.17) is 21.1 Å². The van der Waals surface area contributed by atoms with E-state index in [2.05, 4.69) is 89.1 Å². The number of likely N-dealkylation sites (N-methyl/N-ethyl adjacent to an activating group) is 1. The Balaban J connectivity index is 0.730. The number of fused-ring (bicyclic) bond motifs is 1. The van der Waals surface area contributed by atoms with Crippen molar-refractivity contribution in [2.75, 3.05) is 52.9 Å². The number of hydrogen-bond acceptors (Lipinski definition) is 11. The normalized spacial score (nSPS) is 30.0. The van der Waals surface area contributed by atoms with Crippen LogP contribution in [0.3, 0.4) is 0 Å². The first-order valence-corrected chi connectivity index (χ1v) is 23.8. The van der Waals surface area contributed by atoms with Gasteiger partial charge >= 0.3 is 0 Å². The van der Waals surface area contributed by atoms with Crippen LogP contribution in [0.5, 0.6) is 17.2 Å².